The van der Waals surface area contributed by atoms with Crippen molar-refractivity contribution in [3.63, 3.8) is 0 Å². The summed E-state index contributed by atoms with van der Waals surface area (Å²) in [4.78, 5) is 8.25. The Balaban J connectivity index is -0.0000000383. The normalized spacial score (nSPS) is 7.45. The molecule has 0 amide bonds. The minimum atomic E-state index is -5.75. The van der Waals surface area contributed by atoms with Crippen LogP contribution < -0.4 is 14.5 Å². The third-order valence-electron chi connectivity index (χ3n) is 0. The first-order chi connectivity index (χ1) is 3.73. The van der Waals surface area contributed by atoms with Gasteiger partial charge in [-0.2, -0.15) is 0 Å². The Bertz CT molecular complexity index is 159. The summed E-state index contributed by atoms with van der Waals surface area (Å²) in [5.74, 6) is 0. The Labute approximate surface area is 73.6 Å². The molecule has 4 N–H and O–H groups in total. The average molecular weight is 251 g/mol. The van der Waals surface area contributed by atoms with Crippen LogP contribution in [0.25, 0.3) is 0 Å². The fourth-order valence-corrected chi connectivity index (χ4v) is 0. The molecule has 0 heterocycles. The van der Waals surface area contributed by atoms with Gasteiger partial charge in [0.25, 0.3) is 0 Å². The Morgan fingerprint density at radius 2 is 1.09 bits per heavy atom. The van der Waals surface area contributed by atoms with Crippen molar-refractivity contribution < 1.29 is 51.7 Å². The summed E-state index contributed by atoms with van der Waals surface area (Å²) in [7, 11) is 0. The first-order valence-electron chi connectivity index (χ1n) is 1.21. The molecule has 11 heavy (non-hydrogen) atoms. The summed E-state index contributed by atoms with van der Waals surface area (Å²) < 4.78 is 34.4. The monoisotopic (exact) mass is 251 g/mol. The molecule has 0 aromatic carbocycles. The van der Waals surface area contributed by atoms with E-state index in [1.54, 1.807) is 0 Å². The number of nitrogens with zero attached hydrogens (tertiary/aromatic N) is 1. The second-order valence-corrected chi connectivity index (χ2v) is 1.91. The first-order valence-corrected chi connectivity index (χ1v) is 3.30. The number of quaternary nitrogens is 1. The summed E-state index contributed by atoms with van der Waals surface area (Å²) in [6.07, 6.45) is 0. The van der Waals surface area contributed by atoms with Crippen LogP contribution in [0.15, 0.2) is 0 Å². The molecule has 9 nitrogen and oxygen atoms in total. The van der Waals surface area contributed by atoms with Gasteiger partial charge in [-0.05, 0) is 0 Å². The van der Waals surface area contributed by atoms with Crippen LogP contribution in [0, 0.1) is 15.3 Å². The van der Waals surface area contributed by atoms with Gasteiger partial charge in [-0.15, -0.1) is 0 Å². The molecule has 0 saturated carbocycles. The molecule has 0 unspecified atom stereocenters. The predicted octanol–water partition coefficient (Wildman–Crippen LogP) is -2.48. The van der Waals surface area contributed by atoms with E-state index < -0.39 is 18.7 Å². The van der Waals surface area contributed by atoms with Crippen LogP contribution in [-0.4, -0.2) is 5.09 Å². The van der Waals surface area contributed by atoms with Crippen molar-refractivity contribution in [1.29, 1.82) is 0 Å². The van der Waals surface area contributed by atoms with Crippen molar-refractivity contribution in [1.82, 2.24) is 6.15 Å². The molecule has 0 aromatic rings. The molecule has 0 aliphatic rings. The predicted molar refractivity (Wildman–Crippen MR) is 17.7 cm³/mol. The van der Waals surface area contributed by atoms with Crippen LogP contribution in [-0.2, 0) is 38.3 Å². The van der Waals surface area contributed by atoms with Gasteiger partial charge in [0.2, 0.25) is 0 Å². The molecule has 69 valence electrons. The van der Waals surface area contributed by atoms with Gasteiger partial charge in [0.05, 0.1) is 5.09 Å². The Morgan fingerprint density at radius 1 is 1.09 bits per heavy atom. The quantitative estimate of drug-likeness (QED) is 0.280. The average Bonchev–Trinajstić information content (AvgIpc) is 1.19. The van der Waals surface area contributed by atoms with Gasteiger partial charge in [-0.1, -0.05) is 0 Å². The van der Waals surface area contributed by atoms with Crippen LogP contribution in [0.4, 0.5) is 0 Å². The number of hydrogen-bond acceptors (Lipinski definition) is 7. The third-order valence-corrected chi connectivity index (χ3v) is 0. The van der Waals surface area contributed by atoms with E-state index >= 15 is 0 Å². The van der Waals surface area contributed by atoms with Crippen molar-refractivity contribution in [2.24, 2.45) is 0 Å². The third kappa shape index (κ3) is 8100. The van der Waals surface area contributed by atoms with E-state index in [4.69, 9.17) is 31.2 Å². The Morgan fingerprint density at radius 3 is 1.09 bits per heavy atom. The second-order valence-electron chi connectivity index (χ2n) is 0.632. The van der Waals surface area contributed by atoms with Crippen molar-refractivity contribution in [3.8, 4) is 0 Å². The summed E-state index contributed by atoms with van der Waals surface area (Å²) in [6.45, 7) is 0. The van der Waals surface area contributed by atoms with E-state index in [9.17, 15) is 0 Å². The summed E-state index contributed by atoms with van der Waals surface area (Å²) in [5.41, 5.74) is 0. The van der Waals surface area contributed by atoms with Gasteiger partial charge in [0.15, 0.2) is 0 Å². The molecular formula is H4CrMnN2O7. The van der Waals surface area contributed by atoms with Crippen molar-refractivity contribution in [3.05, 3.63) is 15.3 Å². The molecule has 0 atom stereocenters. The van der Waals surface area contributed by atoms with Crippen molar-refractivity contribution >= 4 is 0 Å². The number of hydrogen-bond donors (Lipinski definition) is 1. The molecule has 0 rings (SSSR count). The fourth-order valence-electron chi connectivity index (χ4n) is 0. The van der Waals surface area contributed by atoms with E-state index in [0.717, 1.165) is 0 Å². The molecule has 11 heteroatoms. The molecule has 0 saturated heterocycles. The maximum absolute atomic E-state index is 8.59. The fraction of sp³-hybridized carbons (Fsp3) is 0. The molecule has 0 fully saturated rings. The van der Waals surface area contributed by atoms with Crippen LogP contribution >= 0.6 is 0 Å². The summed E-state index contributed by atoms with van der Waals surface area (Å²) in [6, 6.07) is 0. The Hall–Kier alpha value is -0.268. The minimum absolute atomic E-state index is 0. The van der Waals surface area contributed by atoms with Crippen LogP contribution in [0.2, 0.25) is 0 Å². The molecule has 1 radical (unpaired) electrons. The summed E-state index contributed by atoms with van der Waals surface area (Å²) in [5, 5.41) is 14.8. The molecular weight excluding hydrogens is 247 g/mol. The Kier molecular flexibility index (Phi) is 19.8. The van der Waals surface area contributed by atoms with Gasteiger partial charge in [0.1, 0.15) is 0 Å². The van der Waals surface area contributed by atoms with Crippen molar-refractivity contribution in [2.45, 2.75) is 0 Å². The molecule has 0 bridgehead atoms. The number of rotatable bonds is 0. The van der Waals surface area contributed by atoms with Gasteiger partial charge in [0, 0.05) is 0 Å². The molecule has 0 aromatic heterocycles. The van der Waals surface area contributed by atoms with E-state index in [2.05, 4.69) is 0 Å². The molecule has 0 aliphatic heterocycles. The first kappa shape index (κ1) is 22.4. The van der Waals surface area contributed by atoms with Gasteiger partial charge in [-0.25, -0.2) is 0 Å². The zero-order valence-electron chi connectivity index (χ0n) is 5.09. The van der Waals surface area contributed by atoms with Crippen LogP contribution in [0.1, 0.15) is 0 Å². The van der Waals surface area contributed by atoms with Gasteiger partial charge < -0.3 is 21.5 Å². The standard InChI is InChI=1S/Cr.Mn.NO3.H3N.4O/c;;2-1(3)4;;;;;/h;;;1H3;;;;/q;+2;-1;;;;2*-1/p+1. The molecule has 0 aliphatic carbocycles. The van der Waals surface area contributed by atoms with Crippen molar-refractivity contribution in [2.75, 3.05) is 0 Å². The zero-order chi connectivity index (χ0) is 8.08. The zero-order valence-corrected chi connectivity index (χ0v) is 7.55. The van der Waals surface area contributed by atoms with Crippen LogP contribution in [0.5, 0.6) is 0 Å². The van der Waals surface area contributed by atoms with Gasteiger partial charge in [-0.3, -0.25) is 0 Å². The van der Waals surface area contributed by atoms with E-state index in [-0.39, 0.29) is 23.2 Å². The van der Waals surface area contributed by atoms with E-state index in [1.165, 1.54) is 0 Å². The van der Waals surface area contributed by atoms with Gasteiger partial charge >= 0.3 is 46.6 Å². The summed E-state index contributed by atoms with van der Waals surface area (Å²) >= 11 is -5.75. The SMILES string of the molecule is O=[N+]([O-])[O-].[Mn+2].[NH4+].[O]=[Cr](=[O])([O-])[O-]. The van der Waals surface area contributed by atoms with Crippen LogP contribution in [0.3, 0.4) is 0 Å². The van der Waals surface area contributed by atoms with E-state index in [0.29, 0.717) is 0 Å². The van der Waals surface area contributed by atoms with E-state index in [1.807, 2.05) is 0 Å². The topological polar surface area (TPSA) is 183 Å². The maximum atomic E-state index is 8.59. The second kappa shape index (κ2) is 9.73. The molecule has 0 spiro atoms.